The summed E-state index contributed by atoms with van der Waals surface area (Å²) in [6.07, 6.45) is 0. The number of amides is 1. The third-order valence-corrected chi connectivity index (χ3v) is 7.33. The van der Waals surface area contributed by atoms with Gasteiger partial charge in [-0.1, -0.05) is 66.7 Å². The van der Waals surface area contributed by atoms with Crippen LogP contribution in [0.25, 0.3) is 11.1 Å². The van der Waals surface area contributed by atoms with Crippen LogP contribution < -0.4 is 19.1 Å². The van der Waals surface area contributed by atoms with Gasteiger partial charge in [0.05, 0.1) is 24.8 Å². The number of anilines is 2. The zero-order valence-corrected chi connectivity index (χ0v) is 20.7. The van der Waals surface area contributed by atoms with Gasteiger partial charge in [0.25, 0.3) is 10.0 Å². The molecule has 0 bridgehead atoms. The fourth-order valence-electron chi connectivity index (χ4n) is 3.80. The van der Waals surface area contributed by atoms with Crippen molar-refractivity contribution < 1.29 is 22.7 Å². The fourth-order valence-corrected chi connectivity index (χ4v) is 5.23. The van der Waals surface area contributed by atoms with Gasteiger partial charge in [0.15, 0.2) is 11.5 Å². The first-order valence-electron chi connectivity index (χ1n) is 11.2. The molecular weight excluding hydrogens is 476 g/mol. The van der Waals surface area contributed by atoms with Crippen molar-refractivity contribution in [3.05, 3.63) is 103 Å². The van der Waals surface area contributed by atoms with Crippen molar-refractivity contribution in [2.24, 2.45) is 0 Å². The number of methoxy groups -OCH3 is 2. The third kappa shape index (κ3) is 5.34. The van der Waals surface area contributed by atoms with Crippen LogP contribution in [-0.2, 0) is 14.8 Å². The monoisotopic (exact) mass is 502 g/mol. The molecule has 8 heteroatoms. The van der Waals surface area contributed by atoms with E-state index in [9.17, 15) is 13.2 Å². The highest BCUT2D eigenvalue weighted by Crippen LogP contribution is 2.32. The molecule has 0 fully saturated rings. The van der Waals surface area contributed by atoms with E-state index in [4.69, 9.17) is 9.47 Å². The van der Waals surface area contributed by atoms with E-state index < -0.39 is 22.5 Å². The van der Waals surface area contributed by atoms with Crippen LogP contribution in [0.4, 0.5) is 11.4 Å². The number of rotatable bonds is 9. The van der Waals surface area contributed by atoms with Gasteiger partial charge in [-0.2, -0.15) is 0 Å². The van der Waals surface area contributed by atoms with Gasteiger partial charge in [0.1, 0.15) is 6.54 Å². The minimum absolute atomic E-state index is 0.0264. The number of carbonyl (C=O) groups excluding carboxylic acids is 1. The van der Waals surface area contributed by atoms with Crippen LogP contribution in [0, 0.1) is 0 Å². The zero-order valence-electron chi connectivity index (χ0n) is 19.9. The molecule has 1 N–H and O–H groups in total. The molecule has 0 unspecified atom stereocenters. The van der Waals surface area contributed by atoms with E-state index in [1.807, 2.05) is 48.5 Å². The topological polar surface area (TPSA) is 84.9 Å². The molecule has 0 heterocycles. The van der Waals surface area contributed by atoms with E-state index in [0.29, 0.717) is 17.1 Å². The van der Waals surface area contributed by atoms with Crippen LogP contribution in [0.15, 0.2) is 108 Å². The molecule has 4 rings (SSSR count). The summed E-state index contributed by atoms with van der Waals surface area (Å²) in [4.78, 5) is 13.2. The molecule has 0 radical (unpaired) electrons. The predicted octanol–water partition coefficient (Wildman–Crippen LogP) is 5.20. The van der Waals surface area contributed by atoms with Crippen molar-refractivity contribution in [2.75, 3.05) is 30.4 Å². The first-order chi connectivity index (χ1) is 17.4. The Balaban J connectivity index is 1.67. The van der Waals surface area contributed by atoms with Gasteiger partial charge in [-0.05, 0) is 35.9 Å². The quantitative estimate of drug-likeness (QED) is 0.340. The second kappa shape index (κ2) is 11.0. The molecule has 4 aromatic rings. The lowest BCUT2D eigenvalue weighted by atomic mass is 10.0. The van der Waals surface area contributed by atoms with E-state index in [1.165, 1.54) is 32.4 Å². The van der Waals surface area contributed by atoms with Crippen molar-refractivity contribution in [3.8, 4) is 22.6 Å². The lowest BCUT2D eigenvalue weighted by Gasteiger charge is -2.24. The number of hydrogen-bond donors (Lipinski definition) is 1. The van der Waals surface area contributed by atoms with E-state index in [-0.39, 0.29) is 10.6 Å². The molecule has 0 spiro atoms. The summed E-state index contributed by atoms with van der Waals surface area (Å²) >= 11 is 0. The SMILES string of the molecule is COc1ccc(S(=O)(=O)N(CC(=O)Nc2ccccc2-c2ccccc2)c2ccccc2)cc1OC. The van der Waals surface area contributed by atoms with Gasteiger partial charge in [-0.3, -0.25) is 9.10 Å². The summed E-state index contributed by atoms with van der Waals surface area (Å²) in [6, 6.07) is 29.9. The molecule has 1 amide bonds. The minimum atomic E-state index is -4.12. The number of ether oxygens (including phenoxy) is 2. The minimum Gasteiger partial charge on any atom is -0.493 e. The van der Waals surface area contributed by atoms with Crippen molar-refractivity contribution in [1.82, 2.24) is 0 Å². The van der Waals surface area contributed by atoms with Crippen LogP contribution in [0.2, 0.25) is 0 Å². The van der Waals surface area contributed by atoms with Crippen LogP contribution in [0.3, 0.4) is 0 Å². The Morgan fingerprint density at radius 3 is 2.06 bits per heavy atom. The molecule has 0 aliphatic rings. The van der Waals surface area contributed by atoms with Gasteiger partial charge in [0.2, 0.25) is 5.91 Å². The predicted molar refractivity (Wildman–Crippen MR) is 141 cm³/mol. The van der Waals surface area contributed by atoms with Gasteiger partial charge in [-0.15, -0.1) is 0 Å². The van der Waals surface area contributed by atoms with Gasteiger partial charge < -0.3 is 14.8 Å². The number of nitrogens with one attached hydrogen (secondary N) is 1. The number of hydrogen-bond acceptors (Lipinski definition) is 5. The molecular formula is C28H26N2O5S. The van der Waals surface area contributed by atoms with E-state index >= 15 is 0 Å². The van der Waals surface area contributed by atoms with E-state index in [2.05, 4.69) is 5.32 Å². The van der Waals surface area contributed by atoms with Crippen molar-refractivity contribution >= 4 is 27.3 Å². The highest BCUT2D eigenvalue weighted by Gasteiger charge is 2.28. The van der Waals surface area contributed by atoms with E-state index in [0.717, 1.165) is 15.4 Å². The normalized spacial score (nSPS) is 10.9. The Morgan fingerprint density at radius 1 is 0.778 bits per heavy atom. The van der Waals surface area contributed by atoms with Crippen molar-refractivity contribution in [1.29, 1.82) is 0 Å². The Bertz CT molecular complexity index is 1440. The maximum absolute atomic E-state index is 13.7. The largest absolute Gasteiger partial charge is 0.493 e. The number of para-hydroxylation sites is 2. The Hall–Kier alpha value is -4.30. The molecule has 0 saturated heterocycles. The lowest BCUT2D eigenvalue weighted by molar-refractivity contribution is -0.114. The molecule has 184 valence electrons. The standard InChI is InChI=1S/C28H26N2O5S/c1-34-26-18-17-23(19-27(26)35-2)36(32,33)30(22-13-7-4-8-14-22)20-28(31)29-25-16-10-9-15-24(25)21-11-5-3-6-12-21/h3-19H,20H2,1-2H3,(H,29,31). The molecule has 36 heavy (non-hydrogen) atoms. The summed E-state index contributed by atoms with van der Waals surface area (Å²) in [5.41, 5.74) is 2.72. The van der Waals surface area contributed by atoms with E-state index in [1.54, 1.807) is 36.4 Å². The fraction of sp³-hybridized carbons (Fsp3) is 0.107. The summed E-state index contributed by atoms with van der Waals surface area (Å²) in [7, 11) is -1.22. The lowest BCUT2D eigenvalue weighted by Crippen LogP contribution is -2.38. The smallest absolute Gasteiger partial charge is 0.264 e. The summed E-state index contributed by atoms with van der Waals surface area (Å²) in [5, 5.41) is 2.88. The number of carbonyl (C=O) groups is 1. The van der Waals surface area contributed by atoms with Crippen LogP contribution in [-0.4, -0.2) is 35.1 Å². The Kier molecular flexibility index (Phi) is 7.56. The molecule has 0 aromatic heterocycles. The third-order valence-electron chi connectivity index (χ3n) is 5.56. The summed E-state index contributed by atoms with van der Waals surface area (Å²) in [6.45, 7) is -0.427. The molecule has 0 aliphatic carbocycles. The number of sulfonamides is 1. The van der Waals surface area contributed by atoms with Crippen LogP contribution >= 0.6 is 0 Å². The maximum Gasteiger partial charge on any atom is 0.264 e. The molecule has 7 nitrogen and oxygen atoms in total. The zero-order chi connectivity index (χ0) is 25.5. The number of benzene rings is 4. The first kappa shape index (κ1) is 24.8. The average Bonchev–Trinajstić information content (AvgIpc) is 2.92. The van der Waals surface area contributed by atoms with Crippen LogP contribution in [0.1, 0.15) is 0 Å². The summed E-state index contributed by atoms with van der Waals surface area (Å²) in [5.74, 6) is 0.192. The first-order valence-corrected chi connectivity index (χ1v) is 12.6. The maximum atomic E-state index is 13.7. The summed E-state index contributed by atoms with van der Waals surface area (Å²) < 4.78 is 39.0. The molecule has 0 aliphatic heterocycles. The van der Waals surface area contributed by atoms with Crippen molar-refractivity contribution in [3.63, 3.8) is 0 Å². The Morgan fingerprint density at radius 2 is 1.39 bits per heavy atom. The second-order valence-corrected chi connectivity index (χ2v) is 9.69. The molecule has 0 atom stereocenters. The number of nitrogens with zero attached hydrogens (tertiary/aromatic N) is 1. The second-order valence-electron chi connectivity index (χ2n) is 7.82. The van der Waals surface area contributed by atoms with Crippen LogP contribution in [0.5, 0.6) is 11.5 Å². The van der Waals surface area contributed by atoms with Gasteiger partial charge >= 0.3 is 0 Å². The van der Waals surface area contributed by atoms with Gasteiger partial charge in [0, 0.05) is 17.3 Å². The van der Waals surface area contributed by atoms with Gasteiger partial charge in [-0.25, -0.2) is 8.42 Å². The highest BCUT2D eigenvalue weighted by molar-refractivity contribution is 7.92. The Labute approximate surface area is 211 Å². The molecule has 0 saturated carbocycles. The van der Waals surface area contributed by atoms with Crippen molar-refractivity contribution in [2.45, 2.75) is 4.90 Å². The average molecular weight is 503 g/mol. The highest BCUT2D eigenvalue weighted by atomic mass is 32.2. The molecule has 4 aromatic carbocycles.